The van der Waals surface area contributed by atoms with E-state index in [0.717, 1.165) is 6.07 Å². The fraction of sp³-hybridized carbons (Fsp3) is 0.0556. The van der Waals surface area contributed by atoms with Crippen LogP contribution in [-0.2, 0) is 10.0 Å². The molecule has 0 fully saturated rings. The van der Waals surface area contributed by atoms with Crippen LogP contribution < -0.4 is 4.72 Å². The first kappa shape index (κ1) is 18.5. The lowest BCUT2D eigenvalue weighted by molar-refractivity contribution is -0.385. The standard InChI is InChI=1S/C18H14N6O4S/c1-12-19-20-18-9-8-17(21-23(12)18)13-4-2-5-14(10-13)22-29(27,28)16-7-3-6-15(11-16)24(25)26/h2-11,22H,1H3. The second-order valence-corrected chi connectivity index (χ2v) is 7.86. The maximum atomic E-state index is 12.6. The van der Waals surface area contributed by atoms with Gasteiger partial charge in [-0.15, -0.1) is 10.2 Å². The van der Waals surface area contributed by atoms with Crippen LogP contribution in [0.25, 0.3) is 16.9 Å². The highest BCUT2D eigenvalue weighted by Gasteiger charge is 2.18. The summed E-state index contributed by atoms with van der Waals surface area (Å²) in [6.07, 6.45) is 0. The lowest BCUT2D eigenvalue weighted by Gasteiger charge is -2.09. The molecule has 0 aliphatic rings. The Morgan fingerprint density at radius 3 is 2.62 bits per heavy atom. The molecule has 11 heteroatoms. The third-order valence-electron chi connectivity index (χ3n) is 4.17. The fourth-order valence-electron chi connectivity index (χ4n) is 2.77. The number of hydrogen-bond donors (Lipinski definition) is 1. The zero-order valence-electron chi connectivity index (χ0n) is 15.1. The molecular weight excluding hydrogens is 396 g/mol. The van der Waals surface area contributed by atoms with Gasteiger partial charge in [0.15, 0.2) is 11.5 Å². The van der Waals surface area contributed by atoms with E-state index in [9.17, 15) is 18.5 Å². The van der Waals surface area contributed by atoms with Crippen molar-refractivity contribution in [3.05, 3.63) is 76.6 Å². The Labute approximate surface area is 165 Å². The molecule has 2 aromatic carbocycles. The van der Waals surface area contributed by atoms with Crippen LogP contribution in [-0.4, -0.2) is 33.2 Å². The minimum Gasteiger partial charge on any atom is -0.280 e. The molecule has 0 aliphatic heterocycles. The van der Waals surface area contributed by atoms with E-state index in [0.29, 0.717) is 28.4 Å². The van der Waals surface area contributed by atoms with Crippen LogP contribution in [0.5, 0.6) is 0 Å². The molecule has 0 radical (unpaired) electrons. The normalized spacial score (nSPS) is 11.5. The van der Waals surface area contributed by atoms with Gasteiger partial charge in [0.1, 0.15) is 0 Å². The number of sulfonamides is 1. The Bertz CT molecular complexity index is 1350. The van der Waals surface area contributed by atoms with Gasteiger partial charge in [-0.25, -0.2) is 8.42 Å². The van der Waals surface area contributed by atoms with E-state index < -0.39 is 14.9 Å². The van der Waals surface area contributed by atoms with E-state index in [-0.39, 0.29) is 10.6 Å². The average molecular weight is 410 g/mol. The van der Waals surface area contributed by atoms with E-state index >= 15 is 0 Å². The van der Waals surface area contributed by atoms with E-state index in [1.54, 1.807) is 47.8 Å². The van der Waals surface area contributed by atoms with Crippen molar-refractivity contribution in [3.8, 4) is 11.3 Å². The Hall–Kier alpha value is -3.86. The van der Waals surface area contributed by atoms with Crippen LogP contribution in [0.15, 0.2) is 65.6 Å². The molecule has 0 unspecified atom stereocenters. The highest BCUT2D eigenvalue weighted by molar-refractivity contribution is 7.92. The van der Waals surface area contributed by atoms with E-state index in [1.165, 1.54) is 18.2 Å². The number of aromatic nitrogens is 4. The lowest BCUT2D eigenvalue weighted by atomic mass is 10.1. The molecule has 0 saturated carbocycles. The number of rotatable bonds is 5. The van der Waals surface area contributed by atoms with Crippen molar-refractivity contribution in [1.82, 2.24) is 19.8 Å². The third kappa shape index (κ3) is 3.62. The number of benzene rings is 2. The first-order valence-corrected chi connectivity index (χ1v) is 9.88. The summed E-state index contributed by atoms with van der Waals surface area (Å²) < 4.78 is 29.3. The molecule has 0 saturated heterocycles. The van der Waals surface area contributed by atoms with Crippen molar-refractivity contribution in [1.29, 1.82) is 0 Å². The van der Waals surface area contributed by atoms with Crippen molar-refractivity contribution < 1.29 is 13.3 Å². The van der Waals surface area contributed by atoms with Gasteiger partial charge in [-0.1, -0.05) is 18.2 Å². The van der Waals surface area contributed by atoms with Gasteiger partial charge >= 0.3 is 0 Å². The Morgan fingerprint density at radius 2 is 1.83 bits per heavy atom. The van der Waals surface area contributed by atoms with Crippen LogP contribution in [0.3, 0.4) is 0 Å². The van der Waals surface area contributed by atoms with Crippen LogP contribution >= 0.6 is 0 Å². The minimum atomic E-state index is -4.00. The number of nitrogens with zero attached hydrogens (tertiary/aromatic N) is 5. The number of aryl methyl sites for hydroxylation is 1. The molecule has 29 heavy (non-hydrogen) atoms. The third-order valence-corrected chi connectivity index (χ3v) is 5.55. The number of hydrogen-bond acceptors (Lipinski definition) is 7. The zero-order chi connectivity index (χ0) is 20.6. The maximum absolute atomic E-state index is 12.6. The molecule has 2 heterocycles. The van der Waals surface area contributed by atoms with Crippen LogP contribution in [0.1, 0.15) is 5.82 Å². The summed E-state index contributed by atoms with van der Waals surface area (Å²) in [5, 5.41) is 23.3. The maximum Gasteiger partial charge on any atom is 0.270 e. The van der Waals surface area contributed by atoms with Crippen molar-refractivity contribution >= 4 is 27.0 Å². The summed E-state index contributed by atoms with van der Waals surface area (Å²) in [5.41, 5.74) is 1.89. The summed E-state index contributed by atoms with van der Waals surface area (Å²) in [6, 6.07) is 15.1. The first-order valence-electron chi connectivity index (χ1n) is 8.40. The van der Waals surface area contributed by atoms with Crippen molar-refractivity contribution in [3.63, 3.8) is 0 Å². The van der Waals surface area contributed by atoms with Gasteiger partial charge < -0.3 is 0 Å². The molecule has 4 rings (SSSR count). The first-order chi connectivity index (χ1) is 13.8. The highest BCUT2D eigenvalue weighted by atomic mass is 32.2. The largest absolute Gasteiger partial charge is 0.280 e. The number of nitro groups is 1. The summed E-state index contributed by atoms with van der Waals surface area (Å²) in [4.78, 5) is 10.1. The van der Waals surface area contributed by atoms with Gasteiger partial charge in [-0.2, -0.15) is 9.61 Å². The number of non-ortho nitro benzene ring substituents is 1. The lowest BCUT2D eigenvalue weighted by Crippen LogP contribution is -2.13. The molecule has 4 aromatic rings. The van der Waals surface area contributed by atoms with Gasteiger partial charge in [-0.3, -0.25) is 14.8 Å². The Balaban J connectivity index is 1.67. The molecule has 0 bridgehead atoms. The molecule has 0 atom stereocenters. The predicted octanol–water partition coefficient (Wildman–Crippen LogP) is 2.81. The quantitative estimate of drug-likeness (QED) is 0.395. The second-order valence-electron chi connectivity index (χ2n) is 6.18. The van der Waals surface area contributed by atoms with Crippen molar-refractivity contribution in [2.45, 2.75) is 11.8 Å². The highest BCUT2D eigenvalue weighted by Crippen LogP contribution is 2.24. The molecule has 1 N–H and O–H groups in total. The van der Waals surface area contributed by atoms with Gasteiger partial charge in [-0.05, 0) is 37.3 Å². The SMILES string of the molecule is Cc1nnc2ccc(-c3cccc(NS(=O)(=O)c4cccc([N+](=O)[O-])c4)c3)nn12. The second kappa shape index (κ2) is 6.95. The van der Waals surface area contributed by atoms with E-state index in [4.69, 9.17) is 0 Å². The summed E-state index contributed by atoms with van der Waals surface area (Å²) in [7, 11) is -4.00. The van der Waals surface area contributed by atoms with Crippen molar-refractivity contribution in [2.75, 3.05) is 4.72 Å². The van der Waals surface area contributed by atoms with Gasteiger partial charge in [0.2, 0.25) is 0 Å². The monoisotopic (exact) mass is 410 g/mol. The Kier molecular flexibility index (Phi) is 4.43. The average Bonchev–Trinajstić information content (AvgIpc) is 3.08. The summed E-state index contributed by atoms with van der Waals surface area (Å²) in [5.74, 6) is 0.629. The van der Waals surface area contributed by atoms with Crippen LogP contribution in [0, 0.1) is 17.0 Å². The zero-order valence-corrected chi connectivity index (χ0v) is 15.9. The predicted molar refractivity (Wildman–Crippen MR) is 105 cm³/mol. The summed E-state index contributed by atoms with van der Waals surface area (Å²) >= 11 is 0. The molecule has 10 nitrogen and oxygen atoms in total. The number of fused-ring (bicyclic) bond motifs is 1. The smallest absolute Gasteiger partial charge is 0.270 e. The van der Waals surface area contributed by atoms with Gasteiger partial charge in [0.25, 0.3) is 15.7 Å². The van der Waals surface area contributed by atoms with Gasteiger partial charge in [0, 0.05) is 23.4 Å². The Morgan fingerprint density at radius 1 is 1.03 bits per heavy atom. The number of nitrogens with one attached hydrogen (secondary N) is 1. The van der Waals surface area contributed by atoms with Crippen LogP contribution in [0.4, 0.5) is 11.4 Å². The molecule has 0 amide bonds. The van der Waals surface area contributed by atoms with Gasteiger partial charge in [0.05, 0.1) is 15.5 Å². The fourth-order valence-corrected chi connectivity index (χ4v) is 3.86. The van der Waals surface area contributed by atoms with Crippen LogP contribution in [0.2, 0.25) is 0 Å². The molecule has 0 aliphatic carbocycles. The molecule has 0 spiro atoms. The minimum absolute atomic E-state index is 0.197. The number of nitro benzene ring substituents is 1. The molecule has 146 valence electrons. The molecule has 2 aromatic heterocycles. The topological polar surface area (TPSA) is 132 Å². The molecular formula is C18H14N6O4S. The van der Waals surface area contributed by atoms with Crippen molar-refractivity contribution in [2.24, 2.45) is 0 Å². The van der Waals surface area contributed by atoms with E-state index in [1.807, 2.05) is 0 Å². The summed E-state index contributed by atoms with van der Waals surface area (Å²) in [6.45, 7) is 1.78. The number of anilines is 1. The van der Waals surface area contributed by atoms with E-state index in [2.05, 4.69) is 20.0 Å².